The summed E-state index contributed by atoms with van der Waals surface area (Å²) in [4.78, 5) is 5.90. The van der Waals surface area contributed by atoms with Gasteiger partial charge in [0, 0.05) is 25.9 Å². The van der Waals surface area contributed by atoms with E-state index in [0.717, 1.165) is 23.7 Å². The van der Waals surface area contributed by atoms with Gasteiger partial charge in [-0.15, -0.1) is 10.2 Å². The number of tetrazole rings is 1. The molecule has 0 saturated carbocycles. The van der Waals surface area contributed by atoms with Crippen LogP contribution in [0.15, 0.2) is 12.1 Å². The summed E-state index contributed by atoms with van der Waals surface area (Å²) in [5.74, 6) is 1.26. The lowest BCUT2D eigenvalue weighted by Crippen LogP contribution is -2.20. The van der Waals surface area contributed by atoms with E-state index < -0.39 is 0 Å². The molecule has 0 aliphatic rings. The number of nitrogens with zero attached hydrogens (tertiary/aromatic N) is 5. The number of nitrogens with one attached hydrogen (secondary N) is 1. The molecule has 0 spiro atoms. The minimum Gasteiger partial charge on any atom is -0.483 e. The standard InChI is InChI=1S/C13H20N6O2/c1-10-4-5-12(11(15-10)8-14-6-7-20-3)21-9-13-16-18-19(2)17-13/h4-5,14H,6-9H2,1-3H3. The van der Waals surface area contributed by atoms with Crippen molar-refractivity contribution < 1.29 is 9.47 Å². The molecule has 0 unspecified atom stereocenters. The molecular formula is C13H20N6O2. The lowest BCUT2D eigenvalue weighted by molar-refractivity contribution is 0.198. The number of aromatic nitrogens is 5. The van der Waals surface area contributed by atoms with Crippen molar-refractivity contribution in [2.24, 2.45) is 7.05 Å². The van der Waals surface area contributed by atoms with Crippen molar-refractivity contribution in [3.63, 3.8) is 0 Å². The third-order valence-corrected chi connectivity index (χ3v) is 2.75. The minimum atomic E-state index is 0.268. The number of hydrogen-bond donors (Lipinski definition) is 1. The molecule has 0 amide bonds. The van der Waals surface area contributed by atoms with Gasteiger partial charge < -0.3 is 14.8 Å². The summed E-state index contributed by atoms with van der Waals surface area (Å²) in [6, 6.07) is 3.82. The Kier molecular flexibility index (Phi) is 5.59. The Morgan fingerprint density at radius 1 is 1.33 bits per heavy atom. The molecule has 2 rings (SSSR count). The minimum absolute atomic E-state index is 0.268. The van der Waals surface area contributed by atoms with E-state index in [1.54, 1.807) is 14.2 Å². The summed E-state index contributed by atoms with van der Waals surface area (Å²) >= 11 is 0. The maximum absolute atomic E-state index is 5.74. The van der Waals surface area contributed by atoms with Crippen LogP contribution < -0.4 is 10.1 Å². The molecule has 0 aliphatic carbocycles. The van der Waals surface area contributed by atoms with Crippen LogP contribution in [-0.2, 0) is 24.9 Å². The third-order valence-electron chi connectivity index (χ3n) is 2.75. The highest BCUT2D eigenvalue weighted by atomic mass is 16.5. The second-order valence-electron chi connectivity index (χ2n) is 4.55. The van der Waals surface area contributed by atoms with Crippen molar-refractivity contribution in [2.75, 3.05) is 20.3 Å². The number of hydrogen-bond acceptors (Lipinski definition) is 7. The molecule has 8 nitrogen and oxygen atoms in total. The van der Waals surface area contributed by atoms with Crippen LogP contribution in [0.3, 0.4) is 0 Å². The predicted molar refractivity (Wildman–Crippen MR) is 75.7 cm³/mol. The van der Waals surface area contributed by atoms with Crippen LogP contribution in [0.5, 0.6) is 5.75 Å². The number of rotatable bonds is 8. The van der Waals surface area contributed by atoms with E-state index in [1.165, 1.54) is 4.80 Å². The van der Waals surface area contributed by atoms with Gasteiger partial charge in [0.1, 0.15) is 5.75 Å². The van der Waals surface area contributed by atoms with Gasteiger partial charge in [0.05, 0.1) is 19.3 Å². The average molecular weight is 292 g/mol. The van der Waals surface area contributed by atoms with Gasteiger partial charge in [0.25, 0.3) is 0 Å². The highest BCUT2D eigenvalue weighted by Gasteiger charge is 2.08. The van der Waals surface area contributed by atoms with E-state index in [2.05, 4.69) is 25.7 Å². The summed E-state index contributed by atoms with van der Waals surface area (Å²) < 4.78 is 10.7. The van der Waals surface area contributed by atoms with Gasteiger partial charge in [-0.1, -0.05) is 0 Å². The maximum Gasteiger partial charge on any atom is 0.212 e. The first-order valence-corrected chi connectivity index (χ1v) is 6.71. The van der Waals surface area contributed by atoms with E-state index in [1.807, 2.05) is 19.1 Å². The van der Waals surface area contributed by atoms with E-state index in [-0.39, 0.29) is 6.61 Å². The molecule has 0 atom stereocenters. The van der Waals surface area contributed by atoms with E-state index in [0.29, 0.717) is 19.0 Å². The van der Waals surface area contributed by atoms with Crippen LogP contribution in [0.1, 0.15) is 17.2 Å². The van der Waals surface area contributed by atoms with Gasteiger partial charge >= 0.3 is 0 Å². The van der Waals surface area contributed by atoms with E-state index in [4.69, 9.17) is 9.47 Å². The predicted octanol–water partition coefficient (Wildman–Crippen LogP) is 0.229. The Bertz CT molecular complexity index is 572. The second-order valence-corrected chi connectivity index (χ2v) is 4.55. The van der Waals surface area contributed by atoms with Crippen LogP contribution >= 0.6 is 0 Å². The molecule has 8 heteroatoms. The van der Waals surface area contributed by atoms with Crippen molar-refractivity contribution in [1.29, 1.82) is 0 Å². The lowest BCUT2D eigenvalue weighted by Gasteiger charge is -2.11. The second kappa shape index (κ2) is 7.65. The number of methoxy groups -OCH3 is 1. The third kappa shape index (κ3) is 4.76. The molecule has 1 N–H and O–H groups in total. The molecule has 2 heterocycles. The Morgan fingerprint density at radius 3 is 2.90 bits per heavy atom. The smallest absolute Gasteiger partial charge is 0.212 e. The molecule has 0 aromatic carbocycles. The molecule has 0 bridgehead atoms. The van der Waals surface area contributed by atoms with Crippen molar-refractivity contribution in [2.45, 2.75) is 20.1 Å². The highest BCUT2D eigenvalue weighted by molar-refractivity contribution is 5.29. The summed E-state index contributed by atoms with van der Waals surface area (Å²) in [5, 5.41) is 15.0. The van der Waals surface area contributed by atoms with Crippen LogP contribution in [-0.4, -0.2) is 45.5 Å². The highest BCUT2D eigenvalue weighted by Crippen LogP contribution is 2.17. The number of pyridine rings is 1. The van der Waals surface area contributed by atoms with E-state index >= 15 is 0 Å². The van der Waals surface area contributed by atoms with Gasteiger partial charge in [-0.3, -0.25) is 4.98 Å². The molecule has 21 heavy (non-hydrogen) atoms. The molecule has 0 saturated heterocycles. The van der Waals surface area contributed by atoms with Gasteiger partial charge in [-0.2, -0.15) is 4.80 Å². The Hall–Kier alpha value is -2.06. The summed E-state index contributed by atoms with van der Waals surface area (Å²) in [5.41, 5.74) is 1.80. The zero-order valence-corrected chi connectivity index (χ0v) is 12.5. The van der Waals surface area contributed by atoms with Crippen molar-refractivity contribution >= 4 is 0 Å². The topological polar surface area (TPSA) is 87.0 Å². The Balaban J connectivity index is 1.97. The van der Waals surface area contributed by atoms with Gasteiger partial charge in [-0.05, 0) is 24.3 Å². The average Bonchev–Trinajstić information content (AvgIpc) is 2.88. The number of ether oxygens (including phenoxy) is 2. The van der Waals surface area contributed by atoms with Gasteiger partial charge in [-0.25, -0.2) is 0 Å². The molecule has 0 aliphatic heterocycles. The maximum atomic E-state index is 5.74. The summed E-state index contributed by atoms with van der Waals surface area (Å²) in [6.45, 7) is 4.26. The van der Waals surface area contributed by atoms with Crippen molar-refractivity contribution in [1.82, 2.24) is 30.5 Å². The van der Waals surface area contributed by atoms with E-state index in [9.17, 15) is 0 Å². The first-order valence-electron chi connectivity index (χ1n) is 6.71. The molecule has 114 valence electrons. The fourth-order valence-corrected chi connectivity index (χ4v) is 1.76. The van der Waals surface area contributed by atoms with Crippen LogP contribution in [0, 0.1) is 6.92 Å². The quantitative estimate of drug-likeness (QED) is 0.697. The first-order chi connectivity index (χ1) is 10.2. The lowest BCUT2D eigenvalue weighted by atomic mass is 10.3. The molecule has 2 aromatic rings. The summed E-state index contributed by atoms with van der Waals surface area (Å²) in [7, 11) is 3.39. The monoisotopic (exact) mass is 292 g/mol. The van der Waals surface area contributed by atoms with Crippen LogP contribution in [0.25, 0.3) is 0 Å². The molecule has 0 radical (unpaired) electrons. The van der Waals surface area contributed by atoms with Crippen LogP contribution in [0.2, 0.25) is 0 Å². The van der Waals surface area contributed by atoms with Crippen LogP contribution in [0.4, 0.5) is 0 Å². The molecular weight excluding hydrogens is 272 g/mol. The van der Waals surface area contributed by atoms with Gasteiger partial charge in [0.2, 0.25) is 5.82 Å². The largest absolute Gasteiger partial charge is 0.483 e. The summed E-state index contributed by atoms with van der Waals surface area (Å²) in [6.07, 6.45) is 0. The SMILES string of the molecule is COCCNCc1nc(C)ccc1OCc1nnn(C)n1. The van der Waals surface area contributed by atoms with Gasteiger partial charge in [0.15, 0.2) is 6.61 Å². The first kappa shape index (κ1) is 15.3. The zero-order chi connectivity index (χ0) is 15.1. The van der Waals surface area contributed by atoms with Crippen molar-refractivity contribution in [3.05, 3.63) is 29.3 Å². The molecule has 2 aromatic heterocycles. The normalized spacial score (nSPS) is 10.8. The Labute approximate surface area is 123 Å². The number of aryl methyl sites for hydroxylation is 2. The zero-order valence-electron chi connectivity index (χ0n) is 12.5. The fraction of sp³-hybridized carbons (Fsp3) is 0.538. The Morgan fingerprint density at radius 2 is 2.19 bits per heavy atom. The van der Waals surface area contributed by atoms with Crippen molar-refractivity contribution in [3.8, 4) is 5.75 Å². The fourth-order valence-electron chi connectivity index (χ4n) is 1.76. The molecule has 0 fully saturated rings.